The zero-order chi connectivity index (χ0) is 22.2. The Morgan fingerprint density at radius 1 is 1.17 bits per heavy atom. The van der Waals surface area contributed by atoms with Crippen LogP contribution in [0.5, 0.6) is 5.19 Å². The summed E-state index contributed by atoms with van der Waals surface area (Å²) in [6, 6.07) is 0. The van der Waals surface area contributed by atoms with Gasteiger partial charge >= 0.3 is 18.4 Å². The van der Waals surface area contributed by atoms with Gasteiger partial charge in [0.2, 0.25) is 0 Å². The summed E-state index contributed by atoms with van der Waals surface area (Å²) in [5.41, 5.74) is -0.249. The monoisotopic (exact) mass is 461 g/mol. The number of halogens is 6. The van der Waals surface area contributed by atoms with Gasteiger partial charge in [0.1, 0.15) is 0 Å². The molecule has 1 aromatic heterocycles. The van der Waals surface area contributed by atoms with Gasteiger partial charge in [-0.1, -0.05) is 11.3 Å². The van der Waals surface area contributed by atoms with E-state index in [1.807, 2.05) is 0 Å². The molecule has 1 aromatic rings. The van der Waals surface area contributed by atoms with E-state index in [2.05, 4.69) is 14.6 Å². The maximum atomic E-state index is 12.6. The van der Waals surface area contributed by atoms with E-state index in [4.69, 9.17) is 4.74 Å². The number of aromatic nitrogens is 1. The number of carbonyl (C=O) groups excluding carboxylic acids is 1. The maximum absolute atomic E-state index is 12.6. The number of piperidine rings is 1. The third-order valence-corrected chi connectivity index (χ3v) is 6.50. The number of alkyl halides is 6. The lowest BCUT2D eigenvalue weighted by Crippen LogP contribution is -2.54. The number of rotatable bonds is 4. The Balaban J connectivity index is 1.60. The minimum atomic E-state index is -5.72. The van der Waals surface area contributed by atoms with Crippen LogP contribution in [0.25, 0.3) is 0 Å². The van der Waals surface area contributed by atoms with Gasteiger partial charge in [0.05, 0.1) is 7.11 Å². The Morgan fingerprint density at radius 2 is 1.80 bits per heavy atom. The van der Waals surface area contributed by atoms with Crippen LogP contribution in [-0.2, 0) is 11.3 Å². The normalized spacial score (nSPS) is 20.2. The molecule has 2 aliphatic rings. The second-order valence-corrected chi connectivity index (χ2v) is 8.46. The first-order valence-corrected chi connectivity index (χ1v) is 10.1. The Bertz CT molecular complexity index is 732. The molecule has 2 aliphatic heterocycles. The van der Waals surface area contributed by atoms with E-state index in [0.717, 1.165) is 29.2 Å². The standard InChI is InChI=1S/C17H21F6N3O3S/c1-28-13-24-9-11(30-13)10-26-6-2-3-15(26)4-7-25(8-5-15)14(27)29-12(16(18,19)20)17(21,22)23/h9,12H,2-8,10H2,1H3. The highest BCUT2D eigenvalue weighted by atomic mass is 32.1. The smallest absolute Gasteiger partial charge is 0.434 e. The molecule has 6 nitrogen and oxygen atoms in total. The zero-order valence-corrected chi connectivity index (χ0v) is 16.9. The molecule has 0 aliphatic carbocycles. The van der Waals surface area contributed by atoms with E-state index in [1.165, 1.54) is 18.4 Å². The minimum Gasteiger partial charge on any atom is -0.473 e. The van der Waals surface area contributed by atoms with Gasteiger partial charge in [0.25, 0.3) is 11.3 Å². The van der Waals surface area contributed by atoms with Gasteiger partial charge in [-0.25, -0.2) is 9.78 Å². The molecular weight excluding hydrogens is 440 g/mol. The van der Waals surface area contributed by atoms with Crippen molar-refractivity contribution in [3.8, 4) is 5.19 Å². The molecule has 0 bridgehead atoms. The molecule has 30 heavy (non-hydrogen) atoms. The van der Waals surface area contributed by atoms with Crippen LogP contribution in [0.15, 0.2) is 6.20 Å². The van der Waals surface area contributed by atoms with E-state index in [-0.39, 0.29) is 18.6 Å². The molecule has 0 radical (unpaired) electrons. The van der Waals surface area contributed by atoms with Crippen molar-refractivity contribution >= 4 is 17.4 Å². The van der Waals surface area contributed by atoms with E-state index in [0.29, 0.717) is 24.6 Å². The van der Waals surface area contributed by atoms with Gasteiger partial charge in [-0.3, -0.25) is 4.90 Å². The summed E-state index contributed by atoms with van der Waals surface area (Å²) in [7, 11) is 1.52. The van der Waals surface area contributed by atoms with Crippen LogP contribution in [0, 0.1) is 0 Å². The number of nitrogens with zero attached hydrogens (tertiary/aromatic N) is 3. The fourth-order valence-electron chi connectivity index (χ4n) is 4.05. The van der Waals surface area contributed by atoms with Gasteiger partial charge < -0.3 is 14.4 Å². The maximum Gasteiger partial charge on any atom is 0.434 e. The number of ether oxygens (including phenoxy) is 2. The first-order chi connectivity index (χ1) is 13.9. The quantitative estimate of drug-likeness (QED) is 0.629. The third-order valence-electron chi connectivity index (χ3n) is 5.56. The average Bonchev–Trinajstić information content (AvgIpc) is 3.26. The van der Waals surface area contributed by atoms with Gasteiger partial charge in [0.15, 0.2) is 0 Å². The molecule has 170 valence electrons. The van der Waals surface area contributed by atoms with E-state index in [1.54, 1.807) is 6.20 Å². The molecule has 0 unspecified atom stereocenters. The lowest BCUT2D eigenvalue weighted by atomic mass is 9.85. The first-order valence-electron chi connectivity index (χ1n) is 9.27. The van der Waals surface area contributed by atoms with Crippen LogP contribution in [0.3, 0.4) is 0 Å². The van der Waals surface area contributed by atoms with E-state index in [9.17, 15) is 31.1 Å². The molecule has 3 heterocycles. The Labute approximate surface area is 172 Å². The van der Waals surface area contributed by atoms with Crippen molar-refractivity contribution in [2.45, 2.75) is 56.2 Å². The van der Waals surface area contributed by atoms with E-state index >= 15 is 0 Å². The highest BCUT2D eigenvalue weighted by molar-refractivity contribution is 7.13. The number of methoxy groups -OCH3 is 1. The largest absolute Gasteiger partial charge is 0.473 e. The zero-order valence-electron chi connectivity index (χ0n) is 16.1. The number of amides is 1. The fraction of sp³-hybridized carbons (Fsp3) is 0.765. The summed E-state index contributed by atoms with van der Waals surface area (Å²) in [4.78, 5) is 20.3. The highest BCUT2D eigenvalue weighted by Crippen LogP contribution is 2.41. The molecule has 0 saturated carbocycles. The summed E-state index contributed by atoms with van der Waals surface area (Å²) in [6.07, 6.45) is -12.8. The number of hydrogen-bond acceptors (Lipinski definition) is 6. The van der Waals surface area contributed by atoms with Gasteiger partial charge in [-0.2, -0.15) is 26.3 Å². The molecule has 1 spiro atoms. The Kier molecular flexibility index (Phi) is 6.42. The summed E-state index contributed by atoms with van der Waals surface area (Å²) in [5, 5.41) is 0.541. The Morgan fingerprint density at radius 3 is 2.33 bits per heavy atom. The Hall–Kier alpha value is -1.76. The van der Waals surface area contributed by atoms with Crippen LogP contribution >= 0.6 is 11.3 Å². The molecule has 0 aromatic carbocycles. The van der Waals surface area contributed by atoms with Crippen LogP contribution in [0.4, 0.5) is 31.1 Å². The van der Waals surface area contributed by atoms with Crippen LogP contribution in [-0.4, -0.2) is 71.6 Å². The van der Waals surface area contributed by atoms with Crippen LogP contribution in [0.1, 0.15) is 30.6 Å². The van der Waals surface area contributed by atoms with Crippen molar-refractivity contribution in [1.29, 1.82) is 0 Å². The summed E-state index contributed by atoms with van der Waals surface area (Å²) in [6.45, 7) is 1.50. The molecule has 2 saturated heterocycles. The minimum absolute atomic E-state index is 0.0315. The summed E-state index contributed by atoms with van der Waals surface area (Å²) < 4.78 is 84.7. The van der Waals surface area contributed by atoms with Crippen molar-refractivity contribution in [2.24, 2.45) is 0 Å². The number of carbonyl (C=O) groups is 1. The van der Waals surface area contributed by atoms with E-state index < -0.39 is 24.5 Å². The van der Waals surface area contributed by atoms with Crippen molar-refractivity contribution in [3.05, 3.63) is 11.1 Å². The van der Waals surface area contributed by atoms with Crippen molar-refractivity contribution in [1.82, 2.24) is 14.8 Å². The average molecular weight is 461 g/mol. The second-order valence-electron chi connectivity index (χ2n) is 7.38. The fourth-order valence-corrected chi connectivity index (χ4v) is 4.79. The number of likely N-dealkylation sites (tertiary alicyclic amines) is 2. The van der Waals surface area contributed by atoms with Crippen molar-refractivity contribution in [2.75, 3.05) is 26.7 Å². The van der Waals surface area contributed by atoms with Gasteiger partial charge in [-0.05, 0) is 32.2 Å². The third kappa shape index (κ3) is 4.93. The number of hydrogen-bond donors (Lipinski definition) is 0. The summed E-state index contributed by atoms with van der Waals surface area (Å²) in [5.74, 6) is 0. The van der Waals surface area contributed by atoms with Crippen LogP contribution < -0.4 is 4.74 Å². The van der Waals surface area contributed by atoms with Crippen molar-refractivity contribution < 1.29 is 40.6 Å². The highest BCUT2D eigenvalue weighted by Gasteiger charge is 2.60. The second kappa shape index (κ2) is 8.40. The van der Waals surface area contributed by atoms with Crippen molar-refractivity contribution in [3.63, 3.8) is 0 Å². The molecular formula is C17H21F6N3O3S. The van der Waals surface area contributed by atoms with Crippen LogP contribution in [0.2, 0.25) is 0 Å². The van der Waals surface area contributed by atoms with Gasteiger partial charge in [-0.15, -0.1) is 0 Å². The number of thiazole rings is 1. The molecule has 0 N–H and O–H groups in total. The molecule has 2 fully saturated rings. The first kappa shape index (κ1) is 22.9. The molecule has 1 amide bonds. The SMILES string of the molecule is COc1ncc(CN2CCCC23CCN(C(=O)OC(C(F)(F)F)C(F)(F)F)CC3)s1. The summed E-state index contributed by atoms with van der Waals surface area (Å²) >= 11 is 1.41. The molecule has 0 atom stereocenters. The predicted molar refractivity (Wildman–Crippen MR) is 94.2 cm³/mol. The lowest BCUT2D eigenvalue weighted by molar-refractivity contribution is -0.308. The van der Waals surface area contributed by atoms with Gasteiger partial charge in [0, 0.05) is 36.2 Å². The lowest BCUT2D eigenvalue weighted by Gasteiger charge is -2.44. The predicted octanol–water partition coefficient (Wildman–Crippen LogP) is 4.21. The topological polar surface area (TPSA) is 54.9 Å². The molecule has 13 heteroatoms. The molecule has 3 rings (SSSR count).